The second-order valence-corrected chi connectivity index (χ2v) is 15.8. The molecule has 0 aromatic carbocycles. The molecule has 2 fully saturated rings. The van der Waals surface area contributed by atoms with E-state index in [1.165, 1.54) is 11.1 Å². The molecule has 11 heteroatoms. The zero-order valence-electron chi connectivity index (χ0n) is 25.7. The van der Waals surface area contributed by atoms with Gasteiger partial charge in [-0.2, -0.15) is 0 Å². The molecule has 0 aromatic rings. The van der Waals surface area contributed by atoms with Gasteiger partial charge < -0.3 is 40.5 Å². The van der Waals surface area contributed by atoms with Crippen molar-refractivity contribution in [2.75, 3.05) is 25.9 Å². The molecule has 42 heavy (non-hydrogen) atoms. The number of amides is 1. The van der Waals surface area contributed by atoms with Crippen LogP contribution in [0.3, 0.4) is 0 Å². The second-order valence-electron chi connectivity index (χ2n) is 13.9. The summed E-state index contributed by atoms with van der Waals surface area (Å²) in [5.41, 5.74) is 2.60. The van der Waals surface area contributed by atoms with E-state index < -0.39 is 49.6 Å². The van der Waals surface area contributed by atoms with Crippen LogP contribution in [0, 0.1) is 28.6 Å². The number of hydrogen-bond donors (Lipinski definition) is 7. The van der Waals surface area contributed by atoms with E-state index in [1.807, 2.05) is 0 Å². The van der Waals surface area contributed by atoms with Gasteiger partial charge in [0.1, 0.15) is 0 Å². The van der Waals surface area contributed by atoms with Gasteiger partial charge in [-0.1, -0.05) is 51.8 Å². The van der Waals surface area contributed by atoms with Gasteiger partial charge in [-0.3, -0.25) is 9.36 Å². The molecule has 1 amide bonds. The molecule has 0 aromatic heterocycles. The van der Waals surface area contributed by atoms with Crippen molar-refractivity contribution >= 4 is 13.5 Å². The first-order chi connectivity index (χ1) is 19.7. The van der Waals surface area contributed by atoms with E-state index in [0.717, 1.165) is 38.5 Å². The quantitative estimate of drug-likeness (QED) is 0.129. The number of aliphatic hydroxyl groups is 4. The number of hydrogen-bond acceptors (Lipinski definition) is 8. The highest BCUT2D eigenvalue weighted by Gasteiger charge is 2.56. The van der Waals surface area contributed by atoms with E-state index in [4.69, 9.17) is 4.52 Å². The number of rotatable bonds is 12. The zero-order valence-corrected chi connectivity index (χ0v) is 26.6. The Balaban J connectivity index is 1.24. The first-order valence-electron chi connectivity index (χ1n) is 15.8. The fourth-order valence-corrected chi connectivity index (χ4v) is 9.50. The number of carbonyl (C=O) groups excluding carboxylic acids is 1. The number of carbonyl (C=O) groups is 1. The molecule has 1 saturated heterocycles. The largest absolute Gasteiger partial charge is 0.395 e. The van der Waals surface area contributed by atoms with E-state index in [2.05, 4.69) is 50.5 Å². The van der Waals surface area contributed by atoms with Crippen LogP contribution in [0.1, 0.15) is 79.1 Å². The van der Waals surface area contributed by atoms with Gasteiger partial charge in [0.25, 0.3) is 0 Å². The van der Waals surface area contributed by atoms with E-state index >= 15 is 0 Å². The lowest BCUT2D eigenvalue weighted by Crippen LogP contribution is -2.55. The third-order valence-corrected chi connectivity index (χ3v) is 12.2. The summed E-state index contributed by atoms with van der Waals surface area (Å²) < 4.78 is 17.7. The topological polar surface area (TPSA) is 169 Å². The molecule has 0 spiro atoms. The number of aliphatic hydroxyl groups excluding tert-OH is 4. The molecule has 1 saturated carbocycles. The Morgan fingerprint density at radius 3 is 2.60 bits per heavy atom. The predicted molar refractivity (Wildman–Crippen MR) is 161 cm³/mol. The standard InChI is InChI=1S/C31H53N2O8P/c1-19(2)20-7-9-23-21(15-20)8-10-26-30(23,3)11-5-12-31(26,4)29(38)32-13-6-14-41-42(39,40)18-22(35)16-24-27(36)28(37)25(17-34)33-24/h8,15,19,22-28,33-37H,5-7,9-14,16-18H2,1-4H3,(H,32,38)(H,39,40)/t22-,23+,24-,25-,26?,27-,28-,30+,31-/m1/s1. The third-order valence-electron chi connectivity index (χ3n) is 10.8. The average molecular weight is 613 g/mol. The highest BCUT2D eigenvalue weighted by Crippen LogP contribution is 2.62. The average Bonchev–Trinajstić information content (AvgIpc) is 3.19. The molecule has 4 aliphatic rings. The van der Waals surface area contributed by atoms with Crippen LogP contribution in [0.5, 0.6) is 0 Å². The minimum Gasteiger partial charge on any atom is -0.395 e. The van der Waals surface area contributed by atoms with Crippen molar-refractivity contribution in [2.24, 2.45) is 28.6 Å². The van der Waals surface area contributed by atoms with Gasteiger partial charge in [0.15, 0.2) is 0 Å². The highest BCUT2D eigenvalue weighted by atomic mass is 31.2. The molecular formula is C31H53N2O8P. The van der Waals surface area contributed by atoms with Gasteiger partial charge in [0.05, 0.1) is 49.1 Å². The molecule has 3 aliphatic carbocycles. The Morgan fingerprint density at radius 2 is 1.93 bits per heavy atom. The molecule has 10 nitrogen and oxygen atoms in total. The van der Waals surface area contributed by atoms with Crippen molar-refractivity contribution in [3.05, 3.63) is 23.3 Å². The number of fused-ring (bicyclic) bond motifs is 3. The van der Waals surface area contributed by atoms with Crippen LogP contribution in [0.15, 0.2) is 23.3 Å². The fourth-order valence-electron chi connectivity index (χ4n) is 8.30. The lowest BCUT2D eigenvalue weighted by Gasteiger charge is -2.57. The Labute approximate surface area is 250 Å². The lowest BCUT2D eigenvalue weighted by molar-refractivity contribution is -0.144. The Hall–Kier alpha value is -1.10. The second kappa shape index (κ2) is 13.5. The molecule has 7 N–H and O–H groups in total. The fraction of sp³-hybridized carbons (Fsp3) is 0.839. The van der Waals surface area contributed by atoms with Crippen molar-refractivity contribution in [3.63, 3.8) is 0 Å². The maximum atomic E-state index is 13.6. The summed E-state index contributed by atoms with van der Waals surface area (Å²) in [6, 6.07) is -1.44. The molecule has 1 heterocycles. The van der Waals surface area contributed by atoms with Gasteiger partial charge in [-0.15, -0.1) is 0 Å². The van der Waals surface area contributed by atoms with Crippen molar-refractivity contribution in [1.29, 1.82) is 0 Å². The Kier molecular flexibility index (Phi) is 10.9. The van der Waals surface area contributed by atoms with Crippen molar-refractivity contribution in [1.82, 2.24) is 10.6 Å². The molecular weight excluding hydrogens is 559 g/mol. The van der Waals surface area contributed by atoms with Crippen LogP contribution in [0.25, 0.3) is 0 Å². The van der Waals surface area contributed by atoms with Gasteiger partial charge in [-0.05, 0) is 73.7 Å². The summed E-state index contributed by atoms with van der Waals surface area (Å²) in [6.07, 6.45) is 7.12. The minimum absolute atomic E-state index is 0.0399. The van der Waals surface area contributed by atoms with Crippen molar-refractivity contribution < 1.29 is 39.2 Å². The van der Waals surface area contributed by atoms with Gasteiger partial charge in [0.2, 0.25) is 5.91 Å². The SMILES string of the molecule is CC(C)C1=CC2=CCC3[C@](C)(C(=O)NCCCOP(=O)(O)C[C@H](O)C[C@H]4N[C@H](CO)[C@@H](O)[C@@H]4O)CCC[C@@]3(C)[C@H]2CC1. The summed E-state index contributed by atoms with van der Waals surface area (Å²) in [6.45, 7) is 8.93. The van der Waals surface area contributed by atoms with Gasteiger partial charge >= 0.3 is 7.60 Å². The molecule has 2 unspecified atom stereocenters. The first kappa shape index (κ1) is 33.8. The predicted octanol–water partition coefficient (Wildman–Crippen LogP) is 2.64. The Morgan fingerprint density at radius 1 is 1.21 bits per heavy atom. The van der Waals surface area contributed by atoms with Crippen LogP contribution in [-0.2, 0) is 13.9 Å². The van der Waals surface area contributed by atoms with E-state index in [-0.39, 0.29) is 36.9 Å². The first-order valence-corrected chi connectivity index (χ1v) is 17.5. The van der Waals surface area contributed by atoms with Crippen LogP contribution in [0.2, 0.25) is 0 Å². The Bertz CT molecular complexity index is 1080. The summed E-state index contributed by atoms with van der Waals surface area (Å²) >= 11 is 0. The molecule has 1 aliphatic heterocycles. The molecule has 0 radical (unpaired) electrons. The van der Waals surface area contributed by atoms with E-state index in [9.17, 15) is 34.7 Å². The normalized spacial score (nSPS) is 38.6. The van der Waals surface area contributed by atoms with Gasteiger partial charge in [0, 0.05) is 12.6 Å². The summed E-state index contributed by atoms with van der Waals surface area (Å²) in [7, 11) is -4.11. The van der Waals surface area contributed by atoms with Crippen LogP contribution in [0.4, 0.5) is 0 Å². The zero-order chi connectivity index (χ0) is 30.9. The lowest BCUT2D eigenvalue weighted by atomic mass is 9.46. The summed E-state index contributed by atoms with van der Waals surface area (Å²) in [4.78, 5) is 23.8. The third kappa shape index (κ3) is 7.07. The van der Waals surface area contributed by atoms with Crippen molar-refractivity contribution in [3.8, 4) is 0 Å². The molecule has 10 atom stereocenters. The van der Waals surface area contributed by atoms with Gasteiger partial charge in [-0.25, -0.2) is 0 Å². The summed E-state index contributed by atoms with van der Waals surface area (Å²) in [5.74, 6) is 1.35. The molecule has 4 rings (SSSR count). The summed E-state index contributed by atoms with van der Waals surface area (Å²) in [5, 5.41) is 45.5. The monoisotopic (exact) mass is 612 g/mol. The van der Waals surface area contributed by atoms with Crippen molar-refractivity contribution in [2.45, 2.75) is 109 Å². The maximum absolute atomic E-state index is 13.6. The smallest absolute Gasteiger partial charge is 0.330 e. The highest BCUT2D eigenvalue weighted by molar-refractivity contribution is 7.52. The minimum atomic E-state index is -4.11. The molecule has 0 bridgehead atoms. The van der Waals surface area contributed by atoms with E-state index in [0.29, 0.717) is 24.8 Å². The molecule has 240 valence electrons. The van der Waals surface area contributed by atoms with Crippen LogP contribution in [-0.4, -0.2) is 87.5 Å². The maximum Gasteiger partial charge on any atom is 0.330 e. The van der Waals surface area contributed by atoms with Crippen LogP contribution < -0.4 is 10.6 Å². The van der Waals surface area contributed by atoms with Crippen LogP contribution >= 0.6 is 7.60 Å². The number of nitrogens with one attached hydrogen (secondary N) is 2. The van der Waals surface area contributed by atoms with E-state index in [1.54, 1.807) is 0 Å². The number of allylic oxidation sites excluding steroid dienone is 4.